The largest absolute Gasteiger partial charge is 0.391 e. The number of aromatic nitrogens is 5. The van der Waals surface area contributed by atoms with Crippen molar-refractivity contribution in [2.24, 2.45) is 5.92 Å². The van der Waals surface area contributed by atoms with Gasteiger partial charge in [-0.1, -0.05) is 0 Å². The molecule has 1 fully saturated rings. The van der Waals surface area contributed by atoms with E-state index in [4.69, 9.17) is 0 Å². The lowest BCUT2D eigenvalue weighted by Gasteiger charge is -2.17. The van der Waals surface area contributed by atoms with Crippen LogP contribution in [0.1, 0.15) is 21.7 Å². The van der Waals surface area contributed by atoms with Gasteiger partial charge in [-0.05, 0) is 25.5 Å². The maximum atomic E-state index is 13.0. The number of hydrogen-bond donors (Lipinski definition) is 1. The molecule has 1 aliphatic rings. The number of aryl methyl sites for hydroxylation is 1. The molecule has 1 amide bonds. The first kappa shape index (κ1) is 18.1. The molecule has 0 saturated carbocycles. The van der Waals surface area contributed by atoms with Crippen molar-refractivity contribution in [2.45, 2.75) is 19.4 Å². The van der Waals surface area contributed by atoms with Crippen molar-refractivity contribution in [3.8, 4) is 11.4 Å². The van der Waals surface area contributed by atoms with Crippen LogP contribution in [0.15, 0.2) is 49.3 Å². The van der Waals surface area contributed by atoms with Gasteiger partial charge in [-0.25, -0.2) is 9.97 Å². The molecule has 1 saturated heterocycles. The summed E-state index contributed by atoms with van der Waals surface area (Å²) in [6.45, 7) is 2.53. The molecule has 1 aliphatic heterocycles. The molecule has 4 heterocycles. The Balaban J connectivity index is 1.49. The molecule has 0 aliphatic carbocycles. The van der Waals surface area contributed by atoms with Gasteiger partial charge in [0.25, 0.3) is 5.91 Å². The third-order valence-electron chi connectivity index (χ3n) is 4.91. The van der Waals surface area contributed by atoms with Gasteiger partial charge < -0.3 is 10.0 Å². The molecule has 0 spiro atoms. The second kappa shape index (κ2) is 7.77. The fourth-order valence-electron chi connectivity index (χ4n) is 3.41. The molecule has 0 radical (unpaired) electrons. The molecular formula is C20H20N6O2. The predicted molar refractivity (Wildman–Crippen MR) is 101 cm³/mol. The van der Waals surface area contributed by atoms with Crippen LogP contribution in [0.4, 0.5) is 0 Å². The van der Waals surface area contributed by atoms with Crippen molar-refractivity contribution >= 4 is 5.91 Å². The van der Waals surface area contributed by atoms with E-state index in [1.807, 2.05) is 12.1 Å². The Labute approximate surface area is 162 Å². The highest BCUT2D eigenvalue weighted by molar-refractivity contribution is 5.95. The standard InChI is InChI=1S/C20H20N6O2/c1-13-17(10-24-19(25-13)14-3-2-4-21-8-14)20(28)26-11-15(18(27)12-26)7-16-9-22-5-6-23-16/h2-6,8-10,15,18,27H,7,11-12H2,1H3/t15-,18-/m1/s1. The second-order valence-corrected chi connectivity index (χ2v) is 6.87. The molecule has 1 N–H and O–H groups in total. The summed E-state index contributed by atoms with van der Waals surface area (Å²) >= 11 is 0. The monoisotopic (exact) mass is 376 g/mol. The van der Waals surface area contributed by atoms with Gasteiger partial charge in [0.1, 0.15) is 0 Å². The van der Waals surface area contributed by atoms with Crippen LogP contribution in [-0.4, -0.2) is 60.0 Å². The van der Waals surface area contributed by atoms with Crippen molar-refractivity contribution in [3.05, 3.63) is 66.3 Å². The number of aliphatic hydroxyl groups excluding tert-OH is 1. The smallest absolute Gasteiger partial charge is 0.257 e. The number of pyridine rings is 1. The van der Waals surface area contributed by atoms with E-state index in [0.29, 0.717) is 30.0 Å². The third-order valence-corrected chi connectivity index (χ3v) is 4.91. The molecular weight excluding hydrogens is 356 g/mol. The summed E-state index contributed by atoms with van der Waals surface area (Å²) in [6, 6.07) is 3.69. The Bertz CT molecular complexity index is 967. The number of carbonyl (C=O) groups is 1. The minimum atomic E-state index is -0.596. The van der Waals surface area contributed by atoms with E-state index in [9.17, 15) is 9.90 Å². The lowest BCUT2D eigenvalue weighted by Crippen LogP contribution is -2.30. The Morgan fingerprint density at radius 1 is 1.14 bits per heavy atom. The van der Waals surface area contributed by atoms with Crippen LogP contribution in [0, 0.1) is 12.8 Å². The molecule has 3 aromatic rings. The van der Waals surface area contributed by atoms with Gasteiger partial charge in [0, 0.05) is 61.8 Å². The van der Waals surface area contributed by atoms with Crippen LogP contribution in [0.3, 0.4) is 0 Å². The van der Waals surface area contributed by atoms with Gasteiger partial charge in [-0.2, -0.15) is 0 Å². The molecule has 0 aromatic carbocycles. The van der Waals surface area contributed by atoms with Crippen molar-refractivity contribution in [1.82, 2.24) is 29.8 Å². The van der Waals surface area contributed by atoms with Gasteiger partial charge >= 0.3 is 0 Å². The number of carbonyl (C=O) groups excluding carboxylic acids is 1. The molecule has 8 heteroatoms. The third kappa shape index (κ3) is 3.72. The molecule has 8 nitrogen and oxygen atoms in total. The molecule has 2 atom stereocenters. The predicted octanol–water partition coefficient (Wildman–Crippen LogP) is 1.31. The summed E-state index contributed by atoms with van der Waals surface area (Å²) < 4.78 is 0. The van der Waals surface area contributed by atoms with Crippen molar-refractivity contribution in [1.29, 1.82) is 0 Å². The van der Waals surface area contributed by atoms with E-state index in [-0.39, 0.29) is 18.4 Å². The number of nitrogens with zero attached hydrogens (tertiary/aromatic N) is 6. The summed E-state index contributed by atoms with van der Waals surface area (Å²) in [5, 5.41) is 10.4. The highest BCUT2D eigenvalue weighted by Gasteiger charge is 2.35. The summed E-state index contributed by atoms with van der Waals surface area (Å²) in [5.74, 6) is 0.289. The Morgan fingerprint density at radius 3 is 2.71 bits per heavy atom. The van der Waals surface area contributed by atoms with E-state index < -0.39 is 6.10 Å². The first-order valence-electron chi connectivity index (χ1n) is 9.08. The SMILES string of the molecule is Cc1nc(-c2cccnc2)ncc1C(=O)N1C[C@@H](Cc2cnccn2)[C@H](O)C1. The number of aliphatic hydroxyl groups is 1. The van der Waals surface area contributed by atoms with Gasteiger partial charge in [-0.3, -0.25) is 19.7 Å². The van der Waals surface area contributed by atoms with Gasteiger partial charge in [0.05, 0.1) is 23.1 Å². The van der Waals surface area contributed by atoms with Crippen molar-refractivity contribution in [3.63, 3.8) is 0 Å². The lowest BCUT2D eigenvalue weighted by atomic mass is 10.0. The van der Waals surface area contributed by atoms with E-state index in [1.54, 1.807) is 49.0 Å². The summed E-state index contributed by atoms with van der Waals surface area (Å²) in [6.07, 6.45) is 9.83. The second-order valence-electron chi connectivity index (χ2n) is 6.87. The number of hydrogen-bond acceptors (Lipinski definition) is 7. The summed E-state index contributed by atoms with van der Waals surface area (Å²) in [5.41, 5.74) is 2.65. The highest BCUT2D eigenvalue weighted by atomic mass is 16.3. The van der Waals surface area contributed by atoms with Crippen molar-refractivity contribution < 1.29 is 9.90 Å². The summed E-state index contributed by atoms with van der Waals surface area (Å²) in [4.78, 5) is 35.8. The Kier molecular flexibility index (Phi) is 5.03. The van der Waals surface area contributed by atoms with Gasteiger partial charge in [0.15, 0.2) is 5.82 Å². The van der Waals surface area contributed by atoms with E-state index in [2.05, 4.69) is 24.9 Å². The number of amides is 1. The fourth-order valence-corrected chi connectivity index (χ4v) is 3.41. The zero-order chi connectivity index (χ0) is 19.5. The zero-order valence-electron chi connectivity index (χ0n) is 15.4. The van der Waals surface area contributed by atoms with E-state index in [0.717, 1.165) is 11.3 Å². The van der Waals surface area contributed by atoms with Gasteiger partial charge in [-0.15, -0.1) is 0 Å². The topological polar surface area (TPSA) is 105 Å². The Morgan fingerprint density at radius 2 is 2.00 bits per heavy atom. The molecule has 28 heavy (non-hydrogen) atoms. The Hall–Kier alpha value is -3.26. The van der Waals surface area contributed by atoms with Crippen LogP contribution >= 0.6 is 0 Å². The minimum absolute atomic E-state index is 0.0726. The molecule has 142 valence electrons. The van der Waals surface area contributed by atoms with Crippen LogP contribution in [0.25, 0.3) is 11.4 Å². The highest BCUT2D eigenvalue weighted by Crippen LogP contribution is 2.23. The molecule has 4 rings (SSSR count). The molecule has 3 aromatic heterocycles. The average molecular weight is 376 g/mol. The zero-order valence-corrected chi connectivity index (χ0v) is 15.4. The first-order valence-corrected chi connectivity index (χ1v) is 9.08. The maximum absolute atomic E-state index is 13.0. The van der Waals surface area contributed by atoms with E-state index in [1.165, 1.54) is 0 Å². The number of likely N-dealkylation sites (tertiary alicyclic amines) is 1. The quantitative estimate of drug-likeness (QED) is 0.732. The minimum Gasteiger partial charge on any atom is -0.391 e. The number of β-amino-alcohol motifs (C(OH)–C–C–N with tert-alkyl or cyclic N) is 1. The normalized spacial score (nSPS) is 19.0. The van der Waals surface area contributed by atoms with E-state index >= 15 is 0 Å². The average Bonchev–Trinajstić information content (AvgIpc) is 3.09. The van der Waals surface area contributed by atoms with Crippen LogP contribution in [0.5, 0.6) is 0 Å². The first-order chi connectivity index (χ1) is 13.6. The van der Waals surface area contributed by atoms with Crippen LogP contribution in [0.2, 0.25) is 0 Å². The lowest BCUT2D eigenvalue weighted by molar-refractivity contribution is 0.0763. The number of rotatable bonds is 4. The summed E-state index contributed by atoms with van der Waals surface area (Å²) in [7, 11) is 0. The molecule has 0 unspecified atom stereocenters. The fraction of sp³-hybridized carbons (Fsp3) is 0.300. The van der Waals surface area contributed by atoms with Crippen LogP contribution < -0.4 is 0 Å². The van der Waals surface area contributed by atoms with Crippen LogP contribution in [-0.2, 0) is 6.42 Å². The van der Waals surface area contributed by atoms with Gasteiger partial charge in [0.2, 0.25) is 0 Å². The van der Waals surface area contributed by atoms with Crippen molar-refractivity contribution in [2.75, 3.05) is 13.1 Å². The molecule has 0 bridgehead atoms. The maximum Gasteiger partial charge on any atom is 0.257 e.